The maximum Gasteiger partial charge on any atom is 0.200 e. The van der Waals surface area contributed by atoms with Gasteiger partial charge < -0.3 is 5.32 Å². The van der Waals surface area contributed by atoms with Crippen molar-refractivity contribution < 1.29 is 0 Å². The molecule has 7 nitrogen and oxygen atoms in total. The van der Waals surface area contributed by atoms with Gasteiger partial charge in [-0.05, 0) is 41.0 Å². The van der Waals surface area contributed by atoms with E-state index in [1.54, 1.807) is 0 Å². The molecule has 3 heterocycles. The molecule has 1 aliphatic heterocycles. The molecule has 118 valence electrons. The van der Waals surface area contributed by atoms with Crippen LogP contribution >= 0.6 is 0 Å². The van der Waals surface area contributed by atoms with E-state index in [9.17, 15) is 0 Å². The number of hydrogen-bond donors (Lipinski definition) is 1. The second kappa shape index (κ2) is 6.29. The predicted molar refractivity (Wildman–Crippen MR) is 86.9 cm³/mol. The summed E-state index contributed by atoms with van der Waals surface area (Å²) in [5.41, 5.74) is 2.04. The lowest BCUT2D eigenvalue weighted by Gasteiger charge is -2.32. The van der Waals surface area contributed by atoms with E-state index in [0.717, 1.165) is 38.3 Å². The number of benzene rings is 1. The maximum absolute atomic E-state index is 4.37. The highest BCUT2D eigenvalue weighted by Gasteiger charge is 2.19. The van der Waals surface area contributed by atoms with E-state index in [1.807, 2.05) is 12.1 Å². The number of fused-ring (bicyclic) bond motifs is 1. The van der Waals surface area contributed by atoms with Crippen molar-refractivity contribution in [3.63, 3.8) is 0 Å². The van der Waals surface area contributed by atoms with Crippen LogP contribution in [0.2, 0.25) is 0 Å². The van der Waals surface area contributed by atoms with Crippen LogP contribution in [0.15, 0.2) is 42.5 Å². The van der Waals surface area contributed by atoms with Gasteiger partial charge in [0.1, 0.15) is 5.82 Å². The number of anilines is 1. The van der Waals surface area contributed by atoms with Gasteiger partial charge in [-0.25, -0.2) is 0 Å². The van der Waals surface area contributed by atoms with Crippen LogP contribution in [-0.2, 0) is 6.54 Å². The molecule has 0 bridgehead atoms. The van der Waals surface area contributed by atoms with E-state index >= 15 is 0 Å². The third kappa shape index (κ3) is 3.29. The highest BCUT2D eigenvalue weighted by atomic mass is 15.6. The number of nitrogens with one attached hydrogen (secondary N) is 1. The third-order valence-corrected chi connectivity index (χ3v) is 4.26. The molecular weight excluding hydrogens is 290 g/mol. The number of piperidine rings is 1. The number of aromatic nitrogens is 5. The first-order valence-corrected chi connectivity index (χ1v) is 7.95. The Hall–Kier alpha value is -2.54. The molecule has 0 saturated carbocycles. The predicted octanol–water partition coefficient (Wildman–Crippen LogP) is 1.60. The Bertz CT molecular complexity index is 762. The van der Waals surface area contributed by atoms with Gasteiger partial charge in [0.05, 0.1) is 0 Å². The Morgan fingerprint density at radius 3 is 2.70 bits per heavy atom. The second-order valence-corrected chi connectivity index (χ2v) is 5.93. The molecule has 1 N–H and O–H groups in total. The molecular formula is C16H19N7. The third-order valence-electron chi connectivity index (χ3n) is 4.26. The van der Waals surface area contributed by atoms with Crippen molar-refractivity contribution in [1.82, 2.24) is 30.2 Å². The lowest BCUT2D eigenvalue weighted by atomic mass is 10.0. The zero-order valence-corrected chi connectivity index (χ0v) is 12.8. The second-order valence-electron chi connectivity index (χ2n) is 5.93. The number of likely N-dealkylation sites (tertiary alicyclic amines) is 1. The Labute approximate surface area is 134 Å². The quantitative estimate of drug-likeness (QED) is 0.789. The Morgan fingerprint density at radius 2 is 1.87 bits per heavy atom. The highest BCUT2D eigenvalue weighted by molar-refractivity contribution is 5.42. The lowest BCUT2D eigenvalue weighted by molar-refractivity contribution is 0.211. The molecule has 1 fully saturated rings. The van der Waals surface area contributed by atoms with Gasteiger partial charge in [0, 0.05) is 25.7 Å². The standard InChI is InChI=1S/C16H19N7/c1-2-4-13(5-3-1)12-22-10-8-14(9-11-22)17-15-6-7-16-18-20-21-23(16)19-15/h1-7,14H,8-12H2,(H,17,19). The van der Waals surface area contributed by atoms with E-state index in [1.165, 1.54) is 10.2 Å². The zero-order chi connectivity index (χ0) is 15.5. The van der Waals surface area contributed by atoms with Gasteiger partial charge in [-0.1, -0.05) is 30.3 Å². The van der Waals surface area contributed by atoms with Crippen molar-refractivity contribution in [3.8, 4) is 0 Å². The van der Waals surface area contributed by atoms with Gasteiger partial charge in [0.25, 0.3) is 0 Å². The van der Waals surface area contributed by atoms with Gasteiger partial charge in [-0.2, -0.15) is 0 Å². The molecule has 0 unspecified atom stereocenters. The summed E-state index contributed by atoms with van der Waals surface area (Å²) in [7, 11) is 0. The van der Waals surface area contributed by atoms with E-state index in [2.05, 4.69) is 61.2 Å². The summed E-state index contributed by atoms with van der Waals surface area (Å²) in [6.07, 6.45) is 2.23. The van der Waals surface area contributed by atoms with E-state index in [0.29, 0.717) is 11.7 Å². The Balaban J connectivity index is 1.32. The van der Waals surface area contributed by atoms with Crippen molar-refractivity contribution in [2.45, 2.75) is 25.4 Å². The number of nitrogens with zero attached hydrogens (tertiary/aromatic N) is 6. The fraction of sp³-hybridized carbons (Fsp3) is 0.375. The summed E-state index contributed by atoms with van der Waals surface area (Å²) in [6.45, 7) is 3.22. The minimum absolute atomic E-state index is 0.448. The summed E-state index contributed by atoms with van der Waals surface area (Å²) in [4.78, 5) is 2.51. The zero-order valence-electron chi connectivity index (χ0n) is 12.8. The van der Waals surface area contributed by atoms with E-state index in [4.69, 9.17) is 0 Å². The molecule has 0 amide bonds. The van der Waals surface area contributed by atoms with Crippen molar-refractivity contribution in [2.24, 2.45) is 0 Å². The monoisotopic (exact) mass is 309 g/mol. The highest BCUT2D eigenvalue weighted by Crippen LogP contribution is 2.17. The molecule has 7 heteroatoms. The lowest BCUT2D eigenvalue weighted by Crippen LogP contribution is -2.38. The Morgan fingerprint density at radius 1 is 1.04 bits per heavy atom. The molecule has 0 atom stereocenters. The van der Waals surface area contributed by atoms with Crippen molar-refractivity contribution in [2.75, 3.05) is 18.4 Å². The summed E-state index contributed by atoms with van der Waals surface area (Å²) >= 11 is 0. The first-order valence-electron chi connectivity index (χ1n) is 7.95. The molecule has 1 saturated heterocycles. The van der Waals surface area contributed by atoms with Crippen LogP contribution in [0.3, 0.4) is 0 Å². The summed E-state index contributed by atoms with van der Waals surface area (Å²) in [5, 5.41) is 19.2. The first kappa shape index (κ1) is 14.1. The maximum atomic E-state index is 4.37. The van der Waals surface area contributed by atoms with Crippen LogP contribution in [0, 0.1) is 0 Å². The number of hydrogen-bond acceptors (Lipinski definition) is 6. The Kier molecular flexibility index (Phi) is 3.85. The molecule has 3 aromatic rings. The van der Waals surface area contributed by atoms with Crippen LogP contribution in [-0.4, -0.2) is 49.3 Å². The number of tetrazole rings is 1. The summed E-state index contributed by atoms with van der Waals surface area (Å²) in [5.74, 6) is 0.825. The molecule has 0 aliphatic carbocycles. The minimum Gasteiger partial charge on any atom is -0.366 e. The smallest absolute Gasteiger partial charge is 0.200 e. The van der Waals surface area contributed by atoms with Crippen LogP contribution in [0.5, 0.6) is 0 Å². The fourth-order valence-corrected chi connectivity index (χ4v) is 3.01. The first-order chi connectivity index (χ1) is 11.4. The van der Waals surface area contributed by atoms with Gasteiger partial charge in [-0.15, -0.1) is 14.8 Å². The molecule has 1 aromatic carbocycles. The minimum atomic E-state index is 0.448. The normalized spacial score (nSPS) is 16.7. The van der Waals surface area contributed by atoms with Gasteiger partial charge in [0.2, 0.25) is 0 Å². The van der Waals surface area contributed by atoms with Crippen molar-refractivity contribution in [3.05, 3.63) is 48.0 Å². The molecule has 1 aliphatic rings. The summed E-state index contributed by atoms with van der Waals surface area (Å²) < 4.78 is 1.45. The molecule has 23 heavy (non-hydrogen) atoms. The largest absolute Gasteiger partial charge is 0.366 e. The fourth-order valence-electron chi connectivity index (χ4n) is 3.01. The van der Waals surface area contributed by atoms with Gasteiger partial charge >= 0.3 is 0 Å². The molecule has 4 rings (SSSR count). The van der Waals surface area contributed by atoms with Crippen molar-refractivity contribution >= 4 is 11.5 Å². The van der Waals surface area contributed by atoms with Gasteiger partial charge in [0.15, 0.2) is 5.65 Å². The summed E-state index contributed by atoms with van der Waals surface area (Å²) in [6, 6.07) is 14.9. The van der Waals surface area contributed by atoms with Crippen LogP contribution in [0.25, 0.3) is 5.65 Å². The molecule has 0 radical (unpaired) electrons. The van der Waals surface area contributed by atoms with Crippen molar-refractivity contribution in [1.29, 1.82) is 0 Å². The number of rotatable bonds is 4. The molecule has 0 spiro atoms. The van der Waals surface area contributed by atoms with E-state index in [-0.39, 0.29) is 0 Å². The van der Waals surface area contributed by atoms with Crippen LogP contribution in [0.1, 0.15) is 18.4 Å². The molecule has 2 aromatic heterocycles. The van der Waals surface area contributed by atoms with Gasteiger partial charge in [-0.3, -0.25) is 4.90 Å². The average molecular weight is 309 g/mol. The average Bonchev–Trinajstić information content (AvgIpc) is 3.05. The van der Waals surface area contributed by atoms with E-state index < -0.39 is 0 Å². The van der Waals surface area contributed by atoms with Crippen LogP contribution < -0.4 is 5.32 Å². The van der Waals surface area contributed by atoms with Crippen LogP contribution in [0.4, 0.5) is 5.82 Å². The SMILES string of the molecule is c1ccc(CN2CCC(Nc3ccc4nnnn4n3)CC2)cc1. The topological polar surface area (TPSA) is 71.2 Å².